The summed E-state index contributed by atoms with van der Waals surface area (Å²) in [6, 6.07) is -5.60. The molecule has 6 atom stereocenters. The molecule has 13 heteroatoms. The Morgan fingerprint density at radius 3 is 1.83 bits per heavy atom. The highest BCUT2D eigenvalue weighted by atomic mass is 16.4. The van der Waals surface area contributed by atoms with Crippen LogP contribution in [0.1, 0.15) is 33.1 Å². The predicted octanol–water partition coefficient (Wildman–Crippen LogP) is -4.26. The van der Waals surface area contributed by atoms with Gasteiger partial charge in [-0.1, -0.05) is 0 Å². The van der Waals surface area contributed by atoms with Crippen molar-refractivity contribution in [3.05, 3.63) is 0 Å². The van der Waals surface area contributed by atoms with E-state index in [0.717, 1.165) is 6.92 Å². The molecule has 0 aliphatic heterocycles. The molecule has 3 amide bonds. The van der Waals surface area contributed by atoms with Crippen LogP contribution in [0.4, 0.5) is 0 Å². The van der Waals surface area contributed by atoms with Gasteiger partial charge in [-0.05, 0) is 39.7 Å². The number of rotatable bonds is 14. The molecule has 0 fully saturated rings. The van der Waals surface area contributed by atoms with Crippen molar-refractivity contribution in [1.29, 1.82) is 0 Å². The summed E-state index contributed by atoms with van der Waals surface area (Å²) in [5.41, 5.74) is 10.9. The van der Waals surface area contributed by atoms with Crippen LogP contribution >= 0.6 is 0 Å². The zero-order chi connectivity index (χ0) is 23.4. The molecule has 0 spiro atoms. The average molecular weight is 435 g/mol. The minimum Gasteiger partial charge on any atom is -0.480 e. The highest BCUT2D eigenvalue weighted by Gasteiger charge is 2.33. The van der Waals surface area contributed by atoms with E-state index in [1.807, 2.05) is 5.32 Å². The molecule has 6 unspecified atom stereocenters. The first-order valence-electron chi connectivity index (χ1n) is 9.52. The maximum absolute atomic E-state index is 12.6. The van der Waals surface area contributed by atoms with Crippen molar-refractivity contribution in [2.24, 2.45) is 11.5 Å². The molecule has 0 rings (SSSR count). The number of carboxylic acid groups (broad SMARTS) is 1. The summed E-state index contributed by atoms with van der Waals surface area (Å²) in [5, 5.41) is 44.1. The van der Waals surface area contributed by atoms with Gasteiger partial charge in [-0.3, -0.25) is 14.4 Å². The van der Waals surface area contributed by atoms with Gasteiger partial charge in [0.1, 0.15) is 18.1 Å². The average Bonchev–Trinajstić information content (AvgIpc) is 2.67. The maximum Gasteiger partial charge on any atom is 0.328 e. The number of amides is 3. The SMILES string of the molecule is CC(O)C(NC(=O)C(NC(=O)C(CCCCN)NC(=O)C(N)CO)C(C)O)C(=O)O. The fraction of sp³-hybridized carbons (Fsp3) is 0.765. The van der Waals surface area contributed by atoms with Crippen molar-refractivity contribution in [2.75, 3.05) is 13.2 Å². The van der Waals surface area contributed by atoms with Crippen molar-refractivity contribution < 1.29 is 39.6 Å². The summed E-state index contributed by atoms with van der Waals surface area (Å²) in [6.45, 7) is 2.07. The normalized spacial score (nSPS) is 17.0. The molecule has 0 saturated carbocycles. The minimum atomic E-state index is -1.65. The Morgan fingerprint density at radius 2 is 1.40 bits per heavy atom. The second-order valence-electron chi connectivity index (χ2n) is 6.93. The number of hydrogen-bond donors (Lipinski definition) is 9. The fourth-order valence-electron chi connectivity index (χ4n) is 2.41. The van der Waals surface area contributed by atoms with Crippen LogP contribution in [0.15, 0.2) is 0 Å². The summed E-state index contributed by atoms with van der Waals surface area (Å²) in [6.07, 6.45) is -1.69. The molecule has 0 radical (unpaired) electrons. The van der Waals surface area contributed by atoms with Gasteiger partial charge in [0.2, 0.25) is 17.7 Å². The number of hydrogen-bond acceptors (Lipinski definition) is 9. The van der Waals surface area contributed by atoms with Gasteiger partial charge in [-0.15, -0.1) is 0 Å². The van der Waals surface area contributed by atoms with E-state index in [1.165, 1.54) is 6.92 Å². The zero-order valence-corrected chi connectivity index (χ0v) is 17.1. The first-order valence-corrected chi connectivity index (χ1v) is 9.52. The third-order valence-corrected chi connectivity index (χ3v) is 4.22. The molecule has 0 saturated heterocycles. The summed E-state index contributed by atoms with van der Waals surface area (Å²) >= 11 is 0. The molecule has 0 aliphatic rings. The van der Waals surface area contributed by atoms with E-state index < -0.39 is 66.7 Å². The van der Waals surface area contributed by atoms with Gasteiger partial charge in [-0.2, -0.15) is 0 Å². The largest absolute Gasteiger partial charge is 0.480 e. The third kappa shape index (κ3) is 9.45. The lowest BCUT2D eigenvalue weighted by molar-refractivity contribution is -0.146. The molecule has 11 N–H and O–H groups in total. The molecule has 13 nitrogen and oxygen atoms in total. The van der Waals surface area contributed by atoms with Crippen molar-refractivity contribution in [3.8, 4) is 0 Å². The monoisotopic (exact) mass is 435 g/mol. The van der Waals surface area contributed by atoms with Crippen molar-refractivity contribution in [3.63, 3.8) is 0 Å². The number of aliphatic carboxylic acids is 1. The predicted molar refractivity (Wildman–Crippen MR) is 105 cm³/mol. The third-order valence-electron chi connectivity index (χ3n) is 4.22. The number of nitrogens with two attached hydrogens (primary N) is 2. The fourth-order valence-corrected chi connectivity index (χ4v) is 2.41. The van der Waals surface area contributed by atoms with Crippen LogP contribution in [0.2, 0.25) is 0 Å². The quantitative estimate of drug-likeness (QED) is 0.119. The van der Waals surface area contributed by atoms with E-state index in [2.05, 4.69) is 10.6 Å². The Morgan fingerprint density at radius 1 is 0.867 bits per heavy atom. The van der Waals surface area contributed by atoms with Gasteiger partial charge >= 0.3 is 5.97 Å². The lowest BCUT2D eigenvalue weighted by Gasteiger charge is -2.27. The van der Waals surface area contributed by atoms with Crippen molar-refractivity contribution in [1.82, 2.24) is 16.0 Å². The summed E-state index contributed by atoms with van der Waals surface area (Å²) in [5.74, 6) is -4.15. The molecule has 0 aliphatic carbocycles. The van der Waals surface area contributed by atoms with Crippen LogP contribution in [0.5, 0.6) is 0 Å². The van der Waals surface area contributed by atoms with Gasteiger partial charge in [0.25, 0.3) is 0 Å². The minimum absolute atomic E-state index is 0.145. The second kappa shape index (κ2) is 13.8. The van der Waals surface area contributed by atoms with Crippen LogP contribution in [0.25, 0.3) is 0 Å². The Hall–Kier alpha value is -2.32. The molecule has 0 heterocycles. The standard InChI is InChI=1S/C17H33N5O8/c1-8(24)12(16(28)22-13(9(2)25)17(29)30)21-15(27)11(5-3-4-6-18)20-14(26)10(19)7-23/h8-13,23-25H,3-7,18-19H2,1-2H3,(H,20,26)(H,21,27)(H,22,28)(H,29,30). The Bertz CT molecular complexity index is 586. The van der Waals surface area contributed by atoms with Crippen molar-refractivity contribution in [2.45, 2.75) is 69.5 Å². The highest BCUT2D eigenvalue weighted by molar-refractivity contribution is 5.94. The maximum atomic E-state index is 12.6. The number of nitrogens with one attached hydrogen (secondary N) is 3. The van der Waals surface area contributed by atoms with Gasteiger partial charge < -0.3 is 47.8 Å². The lowest BCUT2D eigenvalue weighted by Crippen LogP contribution is -2.61. The first kappa shape index (κ1) is 27.7. The second-order valence-corrected chi connectivity index (χ2v) is 6.93. The van der Waals surface area contributed by atoms with Crippen LogP contribution < -0.4 is 27.4 Å². The van der Waals surface area contributed by atoms with Crippen LogP contribution in [0.3, 0.4) is 0 Å². The van der Waals surface area contributed by atoms with E-state index in [-0.39, 0.29) is 6.42 Å². The molecule has 0 aromatic heterocycles. The Kier molecular flexibility index (Phi) is 12.8. The summed E-state index contributed by atoms with van der Waals surface area (Å²) < 4.78 is 0. The molecule has 0 aromatic carbocycles. The molecule has 0 bridgehead atoms. The number of unbranched alkanes of at least 4 members (excludes halogenated alkanes) is 1. The zero-order valence-electron chi connectivity index (χ0n) is 17.1. The molecule has 0 aromatic rings. The summed E-state index contributed by atoms with van der Waals surface area (Å²) in [7, 11) is 0. The topological polar surface area (TPSA) is 237 Å². The van der Waals surface area contributed by atoms with E-state index in [4.69, 9.17) is 21.7 Å². The van der Waals surface area contributed by atoms with E-state index in [1.54, 1.807) is 0 Å². The highest BCUT2D eigenvalue weighted by Crippen LogP contribution is 2.04. The van der Waals surface area contributed by atoms with Crippen molar-refractivity contribution >= 4 is 23.7 Å². The Balaban J connectivity index is 5.35. The first-order chi connectivity index (χ1) is 14.0. The van der Waals surface area contributed by atoms with Gasteiger partial charge in [0.05, 0.1) is 18.8 Å². The van der Waals surface area contributed by atoms with E-state index >= 15 is 0 Å². The number of carboxylic acids is 1. The van der Waals surface area contributed by atoms with E-state index in [0.29, 0.717) is 19.4 Å². The molecule has 30 heavy (non-hydrogen) atoms. The van der Waals surface area contributed by atoms with Crippen LogP contribution in [0, 0.1) is 0 Å². The van der Waals surface area contributed by atoms with E-state index in [9.17, 15) is 29.4 Å². The molecular formula is C17H33N5O8. The number of carbonyl (C=O) groups is 4. The molecule has 174 valence electrons. The van der Waals surface area contributed by atoms with Gasteiger partial charge in [0.15, 0.2) is 6.04 Å². The van der Waals surface area contributed by atoms with Crippen LogP contribution in [-0.2, 0) is 19.2 Å². The number of aliphatic hydroxyl groups is 3. The van der Waals surface area contributed by atoms with Gasteiger partial charge in [-0.25, -0.2) is 4.79 Å². The molecular weight excluding hydrogens is 402 g/mol. The van der Waals surface area contributed by atoms with Gasteiger partial charge in [0, 0.05) is 0 Å². The van der Waals surface area contributed by atoms with Crippen LogP contribution in [-0.4, -0.2) is 93.6 Å². The number of aliphatic hydroxyl groups excluding tert-OH is 3. The smallest absolute Gasteiger partial charge is 0.328 e. The summed E-state index contributed by atoms with van der Waals surface area (Å²) in [4.78, 5) is 48.1. The number of carbonyl (C=O) groups excluding carboxylic acids is 3. The lowest BCUT2D eigenvalue weighted by atomic mass is 10.1. The Labute approximate surface area is 174 Å².